The van der Waals surface area contributed by atoms with E-state index in [0.717, 1.165) is 18.4 Å². The Hall–Kier alpha value is -2.24. The fourth-order valence-electron chi connectivity index (χ4n) is 4.34. The van der Waals surface area contributed by atoms with Crippen molar-refractivity contribution in [1.29, 1.82) is 0 Å². The number of ether oxygens (including phenoxy) is 2. The highest BCUT2D eigenvalue weighted by Crippen LogP contribution is 2.28. The lowest BCUT2D eigenvalue weighted by Crippen LogP contribution is -2.47. The van der Waals surface area contributed by atoms with Crippen molar-refractivity contribution >= 4 is 11.8 Å². The SMILES string of the molecule is COc1cc(C)ccc1OCCC(=O)N1CCC(NC(=O)CC2CCCC2)CC1. The first-order valence-electron chi connectivity index (χ1n) is 10.9. The van der Waals surface area contributed by atoms with Gasteiger partial charge >= 0.3 is 0 Å². The van der Waals surface area contributed by atoms with Gasteiger partial charge in [-0.1, -0.05) is 18.9 Å². The van der Waals surface area contributed by atoms with Gasteiger partial charge in [-0.15, -0.1) is 0 Å². The van der Waals surface area contributed by atoms with Crippen molar-refractivity contribution < 1.29 is 19.1 Å². The van der Waals surface area contributed by atoms with Crippen molar-refractivity contribution in [3.63, 3.8) is 0 Å². The Morgan fingerprint density at radius 1 is 1.10 bits per heavy atom. The molecule has 1 saturated heterocycles. The van der Waals surface area contributed by atoms with E-state index in [2.05, 4.69) is 5.32 Å². The highest BCUT2D eigenvalue weighted by atomic mass is 16.5. The summed E-state index contributed by atoms with van der Waals surface area (Å²) in [5.74, 6) is 2.21. The van der Waals surface area contributed by atoms with Crippen molar-refractivity contribution in [2.45, 2.75) is 64.3 Å². The molecule has 1 saturated carbocycles. The molecule has 0 unspecified atom stereocenters. The highest BCUT2D eigenvalue weighted by molar-refractivity contribution is 5.77. The summed E-state index contributed by atoms with van der Waals surface area (Å²) >= 11 is 0. The second-order valence-corrected chi connectivity index (χ2v) is 8.33. The van der Waals surface area contributed by atoms with E-state index in [1.165, 1.54) is 25.7 Å². The number of rotatable bonds is 8. The van der Waals surface area contributed by atoms with E-state index in [0.29, 0.717) is 50.0 Å². The number of hydrogen-bond donors (Lipinski definition) is 1. The molecule has 0 radical (unpaired) electrons. The zero-order valence-electron chi connectivity index (χ0n) is 17.7. The van der Waals surface area contributed by atoms with E-state index in [1.54, 1.807) is 7.11 Å². The lowest BCUT2D eigenvalue weighted by atomic mass is 10.0. The smallest absolute Gasteiger partial charge is 0.225 e. The van der Waals surface area contributed by atoms with Crippen LogP contribution in [-0.2, 0) is 9.59 Å². The molecule has 6 nitrogen and oxygen atoms in total. The van der Waals surface area contributed by atoms with Gasteiger partial charge in [0.25, 0.3) is 0 Å². The van der Waals surface area contributed by atoms with E-state index in [9.17, 15) is 9.59 Å². The van der Waals surface area contributed by atoms with Gasteiger partial charge < -0.3 is 19.7 Å². The van der Waals surface area contributed by atoms with E-state index in [1.807, 2.05) is 30.0 Å². The Labute approximate surface area is 173 Å². The molecule has 160 valence electrons. The molecule has 0 aromatic heterocycles. The summed E-state index contributed by atoms with van der Waals surface area (Å²) in [5, 5.41) is 3.17. The summed E-state index contributed by atoms with van der Waals surface area (Å²) in [6, 6.07) is 5.95. The standard InChI is InChI=1S/C23H34N2O4/c1-17-7-8-20(21(15-17)28-2)29-14-11-23(27)25-12-9-19(10-13-25)24-22(26)16-18-5-3-4-6-18/h7-8,15,18-19H,3-6,9-14,16H2,1-2H3,(H,24,26). The minimum Gasteiger partial charge on any atom is -0.493 e. The van der Waals surface area contributed by atoms with Gasteiger partial charge in [0.2, 0.25) is 11.8 Å². The van der Waals surface area contributed by atoms with Crippen LogP contribution in [-0.4, -0.2) is 49.6 Å². The summed E-state index contributed by atoms with van der Waals surface area (Å²) in [6.45, 7) is 3.72. The second-order valence-electron chi connectivity index (χ2n) is 8.33. The number of aryl methyl sites for hydroxylation is 1. The Kier molecular flexibility index (Phi) is 7.78. The van der Waals surface area contributed by atoms with Crippen LogP contribution in [0.25, 0.3) is 0 Å². The highest BCUT2D eigenvalue weighted by Gasteiger charge is 2.25. The summed E-state index contributed by atoms with van der Waals surface area (Å²) in [4.78, 5) is 26.6. The van der Waals surface area contributed by atoms with Gasteiger partial charge in [0.05, 0.1) is 20.1 Å². The summed E-state index contributed by atoms with van der Waals surface area (Å²) < 4.78 is 11.1. The summed E-state index contributed by atoms with van der Waals surface area (Å²) in [6.07, 6.45) is 7.57. The van der Waals surface area contributed by atoms with Gasteiger partial charge in [-0.2, -0.15) is 0 Å². The molecule has 2 aliphatic rings. The minimum absolute atomic E-state index is 0.104. The molecule has 1 aliphatic carbocycles. The maximum absolute atomic E-state index is 12.5. The van der Waals surface area contributed by atoms with Crippen LogP contribution in [0.3, 0.4) is 0 Å². The second kappa shape index (κ2) is 10.5. The molecular formula is C23H34N2O4. The van der Waals surface area contributed by atoms with Crippen LogP contribution in [0.1, 0.15) is 56.9 Å². The number of amides is 2. The Morgan fingerprint density at radius 3 is 2.52 bits per heavy atom. The molecule has 3 rings (SSSR count). The average Bonchev–Trinajstić information content (AvgIpc) is 3.22. The fourth-order valence-corrected chi connectivity index (χ4v) is 4.34. The zero-order chi connectivity index (χ0) is 20.6. The molecule has 1 aromatic rings. The third kappa shape index (κ3) is 6.38. The molecule has 1 N–H and O–H groups in total. The van der Waals surface area contributed by atoms with E-state index < -0.39 is 0 Å². The van der Waals surface area contributed by atoms with Crippen molar-refractivity contribution in [3.8, 4) is 11.5 Å². The van der Waals surface area contributed by atoms with Crippen molar-refractivity contribution in [2.24, 2.45) is 5.92 Å². The predicted molar refractivity (Wildman–Crippen MR) is 112 cm³/mol. The lowest BCUT2D eigenvalue weighted by Gasteiger charge is -2.32. The van der Waals surface area contributed by atoms with Crippen LogP contribution in [0.15, 0.2) is 18.2 Å². The molecule has 0 spiro atoms. The van der Waals surface area contributed by atoms with Gasteiger partial charge in [0.1, 0.15) is 0 Å². The number of benzene rings is 1. The van der Waals surface area contributed by atoms with Gasteiger partial charge in [0, 0.05) is 25.6 Å². The van der Waals surface area contributed by atoms with Crippen molar-refractivity contribution in [3.05, 3.63) is 23.8 Å². The van der Waals surface area contributed by atoms with E-state index in [-0.39, 0.29) is 17.9 Å². The number of likely N-dealkylation sites (tertiary alicyclic amines) is 1. The molecule has 1 aromatic carbocycles. The van der Waals surface area contributed by atoms with Gasteiger partial charge in [0.15, 0.2) is 11.5 Å². The van der Waals surface area contributed by atoms with E-state index in [4.69, 9.17) is 9.47 Å². The van der Waals surface area contributed by atoms with Crippen LogP contribution in [0.4, 0.5) is 0 Å². The molecule has 2 fully saturated rings. The average molecular weight is 403 g/mol. The molecule has 1 aliphatic heterocycles. The molecule has 1 heterocycles. The number of carbonyl (C=O) groups is 2. The minimum atomic E-state index is 0.104. The summed E-state index contributed by atoms with van der Waals surface area (Å²) in [5.41, 5.74) is 1.10. The first-order valence-corrected chi connectivity index (χ1v) is 10.9. The van der Waals surface area contributed by atoms with Gasteiger partial charge in [-0.25, -0.2) is 0 Å². The maximum atomic E-state index is 12.5. The van der Waals surface area contributed by atoms with Gasteiger partial charge in [-0.05, 0) is 56.2 Å². The van der Waals surface area contributed by atoms with Gasteiger partial charge in [-0.3, -0.25) is 9.59 Å². The zero-order valence-corrected chi connectivity index (χ0v) is 17.7. The van der Waals surface area contributed by atoms with Crippen LogP contribution in [0.5, 0.6) is 11.5 Å². The molecule has 6 heteroatoms. The largest absolute Gasteiger partial charge is 0.493 e. The monoisotopic (exact) mass is 402 g/mol. The number of nitrogens with one attached hydrogen (secondary N) is 1. The maximum Gasteiger partial charge on any atom is 0.225 e. The first-order chi connectivity index (χ1) is 14.0. The van der Waals surface area contributed by atoms with Crippen molar-refractivity contribution in [1.82, 2.24) is 10.2 Å². The summed E-state index contributed by atoms with van der Waals surface area (Å²) in [7, 11) is 1.61. The Bertz CT molecular complexity index is 692. The van der Waals surface area contributed by atoms with E-state index >= 15 is 0 Å². The number of piperidine rings is 1. The fraction of sp³-hybridized carbons (Fsp3) is 0.652. The third-order valence-electron chi connectivity index (χ3n) is 6.05. The number of carbonyl (C=O) groups excluding carboxylic acids is 2. The molecule has 29 heavy (non-hydrogen) atoms. The molecular weight excluding hydrogens is 368 g/mol. The van der Waals surface area contributed by atoms with Crippen LogP contribution >= 0.6 is 0 Å². The van der Waals surface area contributed by atoms with Crippen LogP contribution < -0.4 is 14.8 Å². The third-order valence-corrected chi connectivity index (χ3v) is 6.05. The number of hydrogen-bond acceptors (Lipinski definition) is 4. The Balaban J connectivity index is 1.35. The normalized spacial score (nSPS) is 17.9. The van der Waals surface area contributed by atoms with Crippen LogP contribution in [0, 0.1) is 12.8 Å². The predicted octanol–water partition coefficient (Wildman–Crippen LogP) is 3.46. The number of methoxy groups -OCH3 is 1. The topological polar surface area (TPSA) is 67.9 Å². The Morgan fingerprint density at radius 2 is 1.83 bits per heavy atom. The lowest BCUT2D eigenvalue weighted by molar-refractivity contribution is -0.133. The molecule has 0 bridgehead atoms. The van der Waals surface area contributed by atoms with Crippen molar-refractivity contribution in [2.75, 3.05) is 26.8 Å². The number of nitrogens with zero attached hydrogens (tertiary/aromatic N) is 1. The quantitative estimate of drug-likeness (QED) is 0.723. The van der Waals surface area contributed by atoms with Crippen LogP contribution in [0.2, 0.25) is 0 Å². The molecule has 2 amide bonds. The first kappa shape index (κ1) is 21.5. The molecule has 0 atom stereocenters.